The standard InChI is InChI=1S/C33H29F3N4O2/c1-2-29(30-37-27-19-11-9-17-25(27)31(41)40(30)24-15-7-4-8-16-24)39(22-21-23-13-5-3-6-14-23)32(42)38-28-20-12-10-18-26(28)33(34,35)36/h3-20,29H,2,21-22H2,1H3,(H,38,42). The molecule has 9 heteroatoms. The molecule has 6 nitrogen and oxygen atoms in total. The number of fused-ring (bicyclic) bond motifs is 1. The minimum Gasteiger partial charge on any atom is -0.314 e. The third-order valence-corrected chi connectivity index (χ3v) is 7.10. The van der Waals surface area contributed by atoms with E-state index in [1.54, 1.807) is 48.5 Å². The van der Waals surface area contributed by atoms with E-state index in [0.29, 0.717) is 35.3 Å². The number of urea groups is 1. The molecule has 42 heavy (non-hydrogen) atoms. The molecule has 1 atom stereocenters. The number of rotatable bonds is 8. The molecule has 1 N–H and O–H groups in total. The van der Waals surface area contributed by atoms with Crippen LogP contribution in [0, 0.1) is 0 Å². The van der Waals surface area contributed by atoms with Crippen LogP contribution in [0.25, 0.3) is 16.6 Å². The van der Waals surface area contributed by atoms with Crippen LogP contribution in [-0.4, -0.2) is 27.0 Å². The minimum atomic E-state index is -4.66. The van der Waals surface area contributed by atoms with Gasteiger partial charge in [-0.05, 0) is 54.8 Å². The summed E-state index contributed by atoms with van der Waals surface area (Å²) in [7, 11) is 0. The van der Waals surface area contributed by atoms with Crippen LogP contribution in [0.1, 0.15) is 36.3 Å². The topological polar surface area (TPSA) is 67.2 Å². The summed E-state index contributed by atoms with van der Waals surface area (Å²) in [5, 5.41) is 2.92. The quantitative estimate of drug-likeness (QED) is 0.209. The van der Waals surface area contributed by atoms with Crippen molar-refractivity contribution in [2.45, 2.75) is 32.0 Å². The van der Waals surface area contributed by atoms with E-state index in [-0.39, 0.29) is 17.8 Å². The summed E-state index contributed by atoms with van der Waals surface area (Å²) in [6, 6.07) is 28.9. The smallest absolute Gasteiger partial charge is 0.314 e. The van der Waals surface area contributed by atoms with Crippen LogP contribution in [0.5, 0.6) is 0 Å². The number of benzene rings is 4. The van der Waals surface area contributed by atoms with E-state index >= 15 is 0 Å². The highest BCUT2D eigenvalue weighted by molar-refractivity contribution is 5.90. The van der Waals surface area contributed by atoms with E-state index in [1.165, 1.54) is 27.7 Å². The minimum absolute atomic E-state index is 0.167. The number of hydrogen-bond acceptors (Lipinski definition) is 3. The van der Waals surface area contributed by atoms with Gasteiger partial charge >= 0.3 is 12.2 Å². The molecule has 0 fully saturated rings. The van der Waals surface area contributed by atoms with Crippen molar-refractivity contribution in [2.75, 3.05) is 11.9 Å². The Hall–Kier alpha value is -4.92. The summed E-state index contributed by atoms with van der Waals surface area (Å²) in [5.74, 6) is 0.319. The maximum absolute atomic E-state index is 13.9. The fraction of sp³-hybridized carbons (Fsp3) is 0.182. The van der Waals surface area contributed by atoms with Crippen molar-refractivity contribution < 1.29 is 18.0 Å². The van der Waals surface area contributed by atoms with Crippen LogP contribution in [0.3, 0.4) is 0 Å². The second-order valence-electron chi connectivity index (χ2n) is 9.79. The molecule has 1 unspecified atom stereocenters. The Morgan fingerprint density at radius 2 is 1.50 bits per heavy atom. The predicted octanol–water partition coefficient (Wildman–Crippen LogP) is 7.63. The van der Waals surface area contributed by atoms with Crippen LogP contribution in [0.2, 0.25) is 0 Å². The fourth-order valence-corrected chi connectivity index (χ4v) is 5.06. The summed E-state index contributed by atoms with van der Waals surface area (Å²) in [4.78, 5) is 34.1. The molecule has 1 aromatic heterocycles. The summed E-state index contributed by atoms with van der Waals surface area (Å²) in [6.07, 6.45) is -3.87. The first kappa shape index (κ1) is 28.6. The van der Waals surface area contributed by atoms with E-state index in [9.17, 15) is 22.8 Å². The zero-order chi connectivity index (χ0) is 29.7. The highest BCUT2D eigenvalue weighted by Crippen LogP contribution is 2.35. The molecule has 0 saturated carbocycles. The lowest BCUT2D eigenvalue weighted by molar-refractivity contribution is -0.136. The normalized spacial score (nSPS) is 12.2. The molecule has 0 radical (unpaired) electrons. The van der Waals surface area contributed by atoms with E-state index < -0.39 is 23.8 Å². The number of nitrogens with one attached hydrogen (secondary N) is 1. The van der Waals surface area contributed by atoms with Gasteiger partial charge in [0.05, 0.1) is 33.9 Å². The first-order valence-corrected chi connectivity index (χ1v) is 13.6. The van der Waals surface area contributed by atoms with Crippen molar-refractivity contribution in [2.24, 2.45) is 0 Å². The molecule has 5 rings (SSSR count). The van der Waals surface area contributed by atoms with Gasteiger partial charge in [-0.3, -0.25) is 9.36 Å². The monoisotopic (exact) mass is 570 g/mol. The lowest BCUT2D eigenvalue weighted by atomic mass is 10.1. The Balaban J connectivity index is 1.64. The SMILES string of the molecule is CCC(c1nc2ccccc2c(=O)n1-c1ccccc1)N(CCc1ccccc1)C(=O)Nc1ccccc1C(F)(F)F. The van der Waals surface area contributed by atoms with Gasteiger partial charge in [-0.25, -0.2) is 9.78 Å². The summed E-state index contributed by atoms with van der Waals surface area (Å²) < 4.78 is 42.8. The first-order valence-electron chi connectivity index (χ1n) is 13.6. The van der Waals surface area contributed by atoms with Gasteiger partial charge in [0.25, 0.3) is 5.56 Å². The summed E-state index contributed by atoms with van der Waals surface area (Å²) in [5.41, 5.74) is 0.397. The van der Waals surface area contributed by atoms with Crippen LogP contribution < -0.4 is 10.9 Å². The number of nitrogens with zero attached hydrogens (tertiary/aromatic N) is 3. The molecule has 2 amide bonds. The van der Waals surface area contributed by atoms with Crippen LogP contribution >= 0.6 is 0 Å². The summed E-state index contributed by atoms with van der Waals surface area (Å²) in [6.45, 7) is 2.02. The third kappa shape index (κ3) is 6.05. The lowest BCUT2D eigenvalue weighted by Gasteiger charge is -2.33. The second-order valence-corrected chi connectivity index (χ2v) is 9.79. The number of hydrogen-bond donors (Lipinski definition) is 1. The number of aromatic nitrogens is 2. The van der Waals surface area contributed by atoms with E-state index in [0.717, 1.165) is 11.6 Å². The van der Waals surface area contributed by atoms with Crippen LogP contribution in [-0.2, 0) is 12.6 Å². The molecule has 0 aliphatic carbocycles. The zero-order valence-electron chi connectivity index (χ0n) is 22.9. The Morgan fingerprint density at radius 3 is 2.19 bits per heavy atom. The molecule has 0 saturated heterocycles. The van der Waals surface area contributed by atoms with Gasteiger partial charge in [0.15, 0.2) is 0 Å². The van der Waals surface area contributed by atoms with Crippen LogP contribution in [0.4, 0.5) is 23.7 Å². The lowest BCUT2D eigenvalue weighted by Crippen LogP contribution is -2.42. The molecule has 214 valence electrons. The number of para-hydroxylation sites is 3. The van der Waals surface area contributed by atoms with E-state index in [1.807, 2.05) is 43.3 Å². The average molecular weight is 571 g/mol. The largest absolute Gasteiger partial charge is 0.418 e. The van der Waals surface area contributed by atoms with Gasteiger partial charge in [-0.1, -0.05) is 79.7 Å². The Bertz CT molecular complexity index is 1740. The molecule has 4 aromatic carbocycles. The highest BCUT2D eigenvalue weighted by atomic mass is 19.4. The number of carbonyl (C=O) groups is 1. The van der Waals surface area contributed by atoms with Crippen molar-refractivity contribution in [3.05, 3.63) is 136 Å². The molecule has 1 heterocycles. The third-order valence-electron chi connectivity index (χ3n) is 7.10. The molecule has 0 aliphatic rings. The van der Waals surface area contributed by atoms with Gasteiger partial charge in [-0.2, -0.15) is 13.2 Å². The van der Waals surface area contributed by atoms with Crippen molar-refractivity contribution in [1.29, 1.82) is 0 Å². The molecule has 0 aliphatic heterocycles. The van der Waals surface area contributed by atoms with Crippen LogP contribution in [0.15, 0.2) is 114 Å². The molecule has 0 spiro atoms. The Morgan fingerprint density at radius 1 is 0.881 bits per heavy atom. The van der Waals surface area contributed by atoms with Crippen molar-refractivity contribution >= 4 is 22.6 Å². The van der Waals surface area contributed by atoms with Gasteiger partial charge in [0, 0.05) is 6.54 Å². The number of amides is 2. The van der Waals surface area contributed by atoms with Gasteiger partial charge in [-0.15, -0.1) is 0 Å². The fourth-order valence-electron chi connectivity index (χ4n) is 5.06. The summed E-state index contributed by atoms with van der Waals surface area (Å²) >= 11 is 0. The Kier molecular flexibility index (Phi) is 8.38. The van der Waals surface area contributed by atoms with Gasteiger partial charge in [0.2, 0.25) is 0 Å². The van der Waals surface area contributed by atoms with Gasteiger partial charge < -0.3 is 10.2 Å². The highest BCUT2D eigenvalue weighted by Gasteiger charge is 2.35. The van der Waals surface area contributed by atoms with Crippen molar-refractivity contribution in [3.8, 4) is 5.69 Å². The maximum atomic E-state index is 13.9. The number of alkyl halides is 3. The van der Waals surface area contributed by atoms with E-state index in [4.69, 9.17) is 4.98 Å². The van der Waals surface area contributed by atoms with Gasteiger partial charge in [0.1, 0.15) is 5.82 Å². The molecule has 0 bridgehead atoms. The predicted molar refractivity (Wildman–Crippen MR) is 158 cm³/mol. The van der Waals surface area contributed by atoms with Crippen molar-refractivity contribution in [3.63, 3.8) is 0 Å². The number of halogens is 3. The Labute approximate surface area is 241 Å². The maximum Gasteiger partial charge on any atom is 0.418 e. The second kappa shape index (κ2) is 12.3. The zero-order valence-corrected chi connectivity index (χ0v) is 22.9. The first-order chi connectivity index (χ1) is 20.3. The van der Waals surface area contributed by atoms with E-state index in [2.05, 4.69) is 5.32 Å². The number of anilines is 1. The number of carbonyl (C=O) groups excluding carboxylic acids is 1. The molecular formula is C33H29F3N4O2. The molecule has 5 aromatic rings. The molecular weight excluding hydrogens is 541 g/mol. The average Bonchev–Trinajstić information content (AvgIpc) is 3.00. The van der Waals surface area contributed by atoms with Crippen molar-refractivity contribution in [1.82, 2.24) is 14.5 Å².